The molecule has 68 valence electrons. The number of aliphatic hydroxyl groups is 2. The van der Waals surface area contributed by atoms with Crippen molar-refractivity contribution in [3.63, 3.8) is 0 Å². The molecule has 12 heavy (non-hydrogen) atoms. The van der Waals surface area contributed by atoms with Gasteiger partial charge in [-0.3, -0.25) is 0 Å². The van der Waals surface area contributed by atoms with Gasteiger partial charge >= 0.3 is 0 Å². The molecule has 0 bridgehead atoms. The quantitative estimate of drug-likeness (QED) is 0.738. The summed E-state index contributed by atoms with van der Waals surface area (Å²) in [5, 5.41) is 21.0. The summed E-state index contributed by atoms with van der Waals surface area (Å²) in [6.07, 6.45) is 1.67. The lowest BCUT2D eigenvalue weighted by molar-refractivity contribution is 0.204. The minimum Gasteiger partial charge on any atom is -0.394 e. The predicted octanol–water partition coefficient (Wildman–Crippen LogP) is 0.671. The molecule has 0 saturated carbocycles. The number of thiazole rings is 1. The molecular weight excluding hydrogens is 244 g/mol. The first kappa shape index (κ1) is 9.91. The van der Waals surface area contributed by atoms with Gasteiger partial charge in [0.25, 0.3) is 0 Å². The van der Waals surface area contributed by atoms with E-state index in [1.165, 1.54) is 11.3 Å². The summed E-state index contributed by atoms with van der Waals surface area (Å²) in [4.78, 5) is 3.99. The second kappa shape index (κ2) is 4.76. The molecule has 3 N–H and O–H groups in total. The molecule has 6 heteroatoms. The summed E-state index contributed by atoms with van der Waals surface area (Å²) in [5.41, 5.74) is 0. The molecule has 0 amide bonds. The van der Waals surface area contributed by atoms with Crippen LogP contribution in [0.4, 0.5) is 5.13 Å². The van der Waals surface area contributed by atoms with Gasteiger partial charge < -0.3 is 15.5 Å². The Balaban J connectivity index is 2.50. The average Bonchev–Trinajstić information content (AvgIpc) is 2.47. The van der Waals surface area contributed by atoms with Crippen LogP contribution in [0.5, 0.6) is 0 Å². The monoisotopic (exact) mass is 252 g/mol. The maximum Gasteiger partial charge on any atom is 0.184 e. The Morgan fingerprint density at radius 2 is 2.25 bits per heavy atom. The summed E-state index contributed by atoms with van der Waals surface area (Å²) >= 11 is 4.68. The average molecular weight is 253 g/mol. The molecule has 0 saturated heterocycles. The fourth-order valence-corrected chi connectivity index (χ4v) is 1.83. The number of nitrogens with one attached hydrogen (secondary N) is 1. The Labute approximate surface area is 82.4 Å². The van der Waals surface area contributed by atoms with Gasteiger partial charge in [-0.25, -0.2) is 4.98 Å². The van der Waals surface area contributed by atoms with Gasteiger partial charge in [0, 0.05) is 0 Å². The molecule has 0 fully saturated rings. The van der Waals surface area contributed by atoms with Crippen LogP contribution in [0.1, 0.15) is 0 Å². The number of aliphatic hydroxyl groups excluding tert-OH is 2. The summed E-state index contributed by atoms with van der Waals surface area (Å²) in [6, 6.07) is -0.331. The topological polar surface area (TPSA) is 65.4 Å². The highest BCUT2D eigenvalue weighted by Gasteiger charge is 2.07. The molecule has 1 rings (SSSR count). The summed E-state index contributed by atoms with van der Waals surface area (Å²) < 4.78 is 0.916. The minimum atomic E-state index is -0.331. The molecule has 1 aromatic heterocycles. The van der Waals surface area contributed by atoms with Crippen LogP contribution in [-0.2, 0) is 0 Å². The van der Waals surface area contributed by atoms with Crippen molar-refractivity contribution in [2.24, 2.45) is 0 Å². The third-order valence-electron chi connectivity index (χ3n) is 1.25. The number of hydrogen-bond acceptors (Lipinski definition) is 5. The number of halogens is 1. The van der Waals surface area contributed by atoms with Crippen molar-refractivity contribution >= 4 is 32.4 Å². The highest BCUT2D eigenvalue weighted by molar-refractivity contribution is 9.11. The Kier molecular flexibility index (Phi) is 3.93. The molecule has 0 unspecified atom stereocenters. The molecule has 0 spiro atoms. The van der Waals surface area contributed by atoms with Crippen molar-refractivity contribution in [1.82, 2.24) is 4.98 Å². The van der Waals surface area contributed by atoms with Gasteiger partial charge in [-0.1, -0.05) is 11.3 Å². The first-order valence-electron chi connectivity index (χ1n) is 3.36. The van der Waals surface area contributed by atoms with Gasteiger partial charge in [0.1, 0.15) is 0 Å². The predicted molar refractivity (Wildman–Crippen MR) is 51.4 cm³/mol. The molecule has 0 atom stereocenters. The molecule has 0 aliphatic rings. The zero-order valence-electron chi connectivity index (χ0n) is 6.20. The van der Waals surface area contributed by atoms with Crippen LogP contribution in [0.2, 0.25) is 0 Å². The van der Waals surface area contributed by atoms with E-state index in [1.807, 2.05) is 0 Å². The number of rotatable bonds is 4. The van der Waals surface area contributed by atoms with Gasteiger partial charge in [-0.15, -0.1) is 0 Å². The molecular formula is C6H9BrN2O2S. The van der Waals surface area contributed by atoms with Crippen LogP contribution in [0.3, 0.4) is 0 Å². The highest BCUT2D eigenvalue weighted by atomic mass is 79.9. The zero-order chi connectivity index (χ0) is 8.97. The molecule has 0 aliphatic heterocycles. The van der Waals surface area contributed by atoms with Crippen LogP contribution in [0.15, 0.2) is 9.98 Å². The maximum atomic E-state index is 8.74. The summed E-state index contributed by atoms with van der Waals surface area (Å²) in [7, 11) is 0. The largest absolute Gasteiger partial charge is 0.394 e. The van der Waals surface area contributed by atoms with Gasteiger partial charge in [0.15, 0.2) is 5.13 Å². The Morgan fingerprint density at radius 1 is 1.58 bits per heavy atom. The van der Waals surface area contributed by atoms with E-state index >= 15 is 0 Å². The maximum absolute atomic E-state index is 8.74. The second-order valence-electron chi connectivity index (χ2n) is 2.18. The number of hydrogen-bond donors (Lipinski definition) is 3. The zero-order valence-corrected chi connectivity index (χ0v) is 8.60. The molecule has 0 radical (unpaired) electrons. The second-order valence-corrected chi connectivity index (χ2v) is 4.59. The molecule has 1 heterocycles. The van der Waals surface area contributed by atoms with E-state index in [1.54, 1.807) is 6.20 Å². The van der Waals surface area contributed by atoms with Gasteiger partial charge in [-0.2, -0.15) is 0 Å². The highest BCUT2D eigenvalue weighted by Crippen LogP contribution is 2.23. The minimum absolute atomic E-state index is 0.103. The Morgan fingerprint density at radius 3 is 2.67 bits per heavy atom. The van der Waals surface area contributed by atoms with Crippen LogP contribution in [0, 0.1) is 0 Å². The van der Waals surface area contributed by atoms with Crippen LogP contribution in [0.25, 0.3) is 0 Å². The molecule has 0 aromatic carbocycles. The van der Waals surface area contributed by atoms with Crippen molar-refractivity contribution in [3.8, 4) is 0 Å². The van der Waals surface area contributed by atoms with Crippen LogP contribution < -0.4 is 5.32 Å². The van der Waals surface area contributed by atoms with Crippen LogP contribution in [-0.4, -0.2) is 34.5 Å². The lowest BCUT2D eigenvalue weighted by atomic mass is 10.3. The number of aromatic nitrogens is 1. The Bertz CT molecular complexity index is 239. The lowest BCUT2D eigenvalue weighted by Gasteiger charge is -2.10. The smallest absolute Gasteiger partial charge is 0.184 e. The van der Waals surface area contributed by atoms with Gasteiger partial charge in [-0.05, 0) is 15.9 Å². The first-order valence-corrected chi connectivity index (χ1v) is 4.96. The van der Waals surface area contributed by atoms with Crippen molar-refractivity contribution < 1.29 is 10.2 Å². The van der Waals surface area contributed by atoms with E-state index in [0.29, 0.717) is 5.13 Å². The Hall–Kier alpha value is -0.170. The SMILES string of the molecule is OCC(CO)Nc1ncc(Br)s1. The van der Waals surface area contributed by atoms with Crippen molar-refractivity contribution in [2.45, 2.75) is 6.04 Å². The van der Waals surface area contributed by atoms with Gasteiger partial charge in [0.2, 0.25) is 0 Å². The van der Waals surface area contributed by atoms with E-state index in [-0.39, 0.29) is 19.3 Å². The van der Waals surface area contributed by atoms with E-state index in [4.69, 9.17) is 10.2 Å². The molecule has 0 aliphatic carbocycles. The van der Waals surface area contributed by atoms with E-state index in [2.05, 4.69) is 26.2 Å². The van der Waals surface area contributed by atoms with Crippen LogP contribution >= 0.6 is 27.3 Å². The van der Waals surface area contributed by atoms with Gasteiger partial charge in [0.05, 0.1) is 29.2 Å². The van der Waals surface area contributed by atoms with Crippen molar-refractivity contribution in [1.29, 1.82) is 0 Å². The summed E-state index contributed by atoms with van der Waals surface area (Å²) in [5.74, 6) is 0. The fraction of sp³-hybridized carbons (Fsp3) is 0.500. The van der Waals surface area contributed by atoms with Crippen molar-refractivity contribution in [3.05, 3.63) is 9.98 Å². The standard InChI is InChI=1S/C6H9BrN2O2S/c7-5-1-8-6(12-5)9-4(2-10)3-11/h1,4,10-11H,2-3H2,(H,8,9). The summed E-state index contributed by atoms with van der Waals surface area (Å²) in [6.45, 7) is -0.207. The lowest BCUT2D eigenvalue weighted by Crippen LogP contribution is -2.27. The van der Waals surface area contributed by atoms with E-state index < -0.39 is 0 Å². The first-order chi connectivity index (χ1) is 5.76. The normalized spacial score (nSPS) is 10.7. The van der Waals surface area contributed by atoms with Crippen molar-refractivity contribution in [2.75, 3.05) is 18.5 Å². The molecule has 4 nitrogen and oxygen atoms in total. The number of nitrogens with zero attached hydrogens (tertiary/aromatic N) is 1. The van der Waals surface area contributed by atoms with E-state index in [0.717, 1.165) is 3.79 Å². The third kappa shape index (κ3) is 2.71. The van der Waals surface area contributed by atoms with E-state index in [9.17, 15) is 0 Å². The third-order valence-corrected chi connectivity index (χ3v) is 2.65. The number of anilines is 1. The fourth-order valence-electron chi connectivity index (χ4n) is 0.645. The molecule has 1 aromatic rings.